The van der Waals surface area contributed by atoms with Crippen molar-refractivity contribution in [3.05, 3.63) is 34.6 Å². The van der Waals surface area contributed by atoms with Crippen LogP contribution in [0.3, 0.4) is 0 Å². The van der Waals surface area contributed by atoms with Gasteiger partial charge in [0.15, 0.2) is 0 Å². The van der Waals surface area contributed by atoms with Gasteiger partial charge in [-0.3, -0.25) is 0 Å². The molecule has 0 bridgehead atoms. The average molecular weight is 228 g/mol. The lowest BCUT2D eigenvalue weighted by molar-refractivity contribution is 0.194. The molecule has 0 heterocycles. The second kappa shape index (κ2) is 4.11. The first-order valence-electron chi connectivity index (χ1n) is 5.25. The lowest BCUT2D eigenvalue weighted by Gasteiger charge is -2.43. The van der Waals surface area contributed by atoms with Crippen LogP contribution in [-0.2, 0) is 0 Å². The van der Waals surface area contributed by atoms with Crippen LogP contribution in [0.25, 0.3) is 0 Å². The number of hydrogen-bond acceptors (Lipinski definition) is 1. The van der Waals surface area contributed by atoms with Crippen molar-refractivity contribution in [1.29, 1.82) is 0 Å². The maximum atomic E-state index is 12.9. The summed E-state index contributed by atoms with van der Waals surface area (Å²) in [5.41, 5.74) is 1.08. The monoisotopic (exact) mass is 227 g/mol. The summed E-state index contributed by atoms with van der Waals surface area (Å²) in [5.74, 6) is 0.773. The highest BCUT2D eigenvalue weighted by Crippen LogP contribution is 2.44. The van der Waals surface area contributed by atoms with Crippen LogP contribution in [0.5, 0.6) is 0 Å². The van der Waals surface area contributed by atoms with E-state index in [1.165, 1.54) is 12.1 Å². The Kier molecular flexibility index (Phi) is 2.98. The minimum absolute atomic E-state index is 0.263. The summed E-state index contributed by atoms with van der Waals surface area (Å²) in [7, 11) is 1.98. The van der Waals surface area contributed by atoms with Crippen LogP contribution in [0.15, 0.2) is 18.2 Å². The molecule has 1 aromatic rings. The van der Waals surface area contributed by atoms with E-state index in [0.717, 1.165) is 12.0 Å². The van der Waals surface area contributed by atoms with Gasteiger partial charge in [0, 0.05) is 11.1 Å². The van der Waals surface area contributed by atoms with Gasteiger partial charge < -0.3 is 5.32 Å². The zero-order chi connectivity index (χ0) is 11.0. The summed E-state index contributed by atoms with van der Waals surface area (Å²) in [6, 6.07) is 5.26. The zero-order valence-corrected chi connectivity index (χ0v) is 9.68. The van der Waals surface area contributed by atoms with Gasteiger partial charge in [0.2, 0.25) is 0 Å². The average Bonchev–Trinajstić information content (AvgIpc) is 2.20. The molecule has 0 saturated heterocycles. The van der Waals surface area contributed by atoms with Crippen LogP contribution in [0.1, 0.15) is 24.8 Å². The van der Waals surface area contributed by atoms with Crippen molar-refractivity contribution in [2.75, 3.05) is 7.05 Å². The molecule has 2 rings (SSSR count). The number of benzene rings is 1. The molecule has 1 N–H and O–H groups in total. The molecule has 1 saturated carbocycles. The van der Waals surface area contributed by atoms with Gasteiger partial charge in [-0.2, -0.15) is 0 Å². The summed E-state index contributed by atoms with van der Waals surface area (Å²) >= 11 is 6.03. The molecule has 0 radical (unpaired) electrons. The topological polar surface area (TPSA) is 12.0 Å². The number of hydrogen-bond donors (Lipinski definition) is 1. The van der Waals surface area contributed by atoms with E-state index >= 15 is 0 Å². The number of rotatable bonds is 2. The van der Waals surface area contributed by atoms with Crippen molar-refractivity contribution in [2.24, 2.45) is 5.92 Å². The molecular weight excluding hydrogens is 213 g/mol. The second-order valence-electron chi connectivity index (χ2n) is 4.26. The fourth-order valence-corrected chi connectivity index (χ4v) is 2.69. The lowest BCUT2D eigenvalue weighted by Crippen LogP contribution is -2.46. The first-order chi connectivity index (χ1) is 7.13. The molecule has 3 unspecified atom stereocenters. The Hall–Kier alpha value is -0.600. The second-order valence-corrected chi connectivity index (χ2v) is 4.67. The minimum Gasteiger partial charge on any atom is -0.317 e. The molecule has 0 aliphatic heterocycles. The highest BCUT2D eigenvalue weighted by Gasteiger charge is 2.38. The lowest BCUT2D eigenvalue weighted by atomic mass is 9.67. The standard InChI is InChI=1S/C12H15ClFN/c1-7-10(6-12(7)15-2)9-4-3-8(14)5-11(9)13/h3-5,7,10,12,15H,6H2,1-2H3. The van der Waals surface area contributed by atoms with Crippen molar-refractivity contribution in [3.63, 3.8) is 0 Å². The van der Waals surface area contributed by atoms with Gasteiger partial charge in [0.1, 0.15) is 5.82 Å². The summed E-state index contributed by atoms with van der Waals surface area (Å²) in [5, 5.41) is 3.82. The smallest absolute Gasteiger partial charge is 0.124 e. The Labute approximate surface area is 94.6 Å². The van der Waals surface area contributed by atoms with E-state index in [1.54, 1.807) is 0 Å². The summed E-state index contributed by atoms with van der Waals surface area (Å²) in [4.78, 5) is 0. The van der Waals surface area contributed by atoms with E-state index in [0.29, 0.717) is 22.9 Å². The van der Waals surface area contributed by atoms with E-state index in [1.807, 2.05) is 13.1 Å². The van der Waals surface area contributed by atoms with Crippen LogP contribution in [0.4, 0.5) is 4.39 Å². The Morgan fingerprint density at radius 2 is 2.20 bits per heavy atom. The molecule has 0 amide bonds. The molecule has 1 aromatic carbocycles. The quantitative estimate of drug-likeness (QED) is 0.818. The zero-order valence-electron chi connectivity index (χ0n) is 8.93. The van der Waals surface area contributed by atoms with Crippen molar-refractivity contribution in [3.8, 4) is 0 Å². The summed E-state index contributed by atoms with van der Waals surface area (Å²) in [6.45, 7) is 2.20. The molecular formula is C12H15ClFN. The first kappa shape index (κ1) is 10.9. The van der Waals surface area contributed by atoms with Gasteiger partial charge in [-0.25, -0.2) is 4.39 Å². The Morgan fingerprint density at radius 3 is 2.73 bits per heavy atom. The van der Waals surface area contributed by atoms with Crippen molar-refractivity contribution < 1.29 is 4.39 Å². The van der Waals surface area contributed by atoms with Gasteiger partial charge in [0.05, 0.1) is 0 Å². The van der Waals surface area contributed by atoms with E-state index in [2.05, 4.69) is 12.2 Å². The van der Waals surface area contributed by atoms with E-state index in [9.17, 15) is 4.39 Å². The predicted molar refractivity (Wildman–Crippen MR) is 60.8 cm³/mol. The largest absolute Gasteiger partial charge is 0.317 e. The van der Waals surface area contributed by atoms with Crippen LogP contribution in [-0.4, -0.2) is 13.1 Å². The SMILES string of the molecule is CNC1CC(c2ccc(F)cc2Cl)C1C. The van der Waals surface area contributed by atoms with Crippen molar-refractivity contribution in [1.82, 2.24) is 5.32 Å². The van der Waals surface area contributed by atoms with Gasteiger partial charge in [-0.05, 0) is 43.0 Å². The Bertz CT molecular complexity index is 367. The van der Waals surface area contributed by atoms with E-state index in [-0.39, 0.29) is 5.82 Å². The fourth-order valence-electron chi connectivity index (χ4n) is 2.38. The molecule has 3 atom stereocenters. The van der Waals surface area contributed by atoms with Crippen molar-refractivity contribution >= 4 is 11.6 Å². The molecule has 1 nitrogen and oxygen atoms in total. The fraction of sp³-hybridized carbons (Fsp3) is 0.500. The first-order valence-corrected chi connectivity index (χ1v) is 5.63. The third-order valence-corrected chi connectivity index (χ3v) is 3.84. The van der Waals surface area contributed by atoms with Crippen LogP contribution >= 0.6 is 11.6 Å². The highest BCUT2D eigenvalue weighted by atomic mass is 35.5. The summed E-state index contributed by atoms with van der Waals surface area (Å²) < 4.78 is 12.9. The maximum Gasteiger partial charge on any atom is 0.124 e. The normalized spacial score (nSPS) is 30.0. The molecule has 1 fully saturated rings. The van der Waals surface area contributed by atoms with Crippen molar-refractivity contribution in [2.45, 2.75) is 25.3 Å². The van der Waals surface area contributed by atoms with E-state index < -0.39 is 0 Å². The summed E-state index contributed by atoms with van der Waals surface area (Å²) in [6.07, 6.45) is 1.09. The molecule has 15 heavy (non-hydrogen) atoms. The van der Waals surface area contributed by atoms with Gasteiger partial charge in [-0.15, -0.1) is 0 Å². The van der Waals surface area contributed by atoms with Crippen LogP contribution in [0.2, 0.25) is 5.02 Å². The molecule has 1 aliphatic rings. The third kappa shape index (κ3) is 1.88. The Morgan fingerprint density at radius 1 is 1.47 bits per heavy atom. The molecule has 82 valence electrons. The molecule has 0 spiro atoms. The maximum absolute atomic E-state index is 12.9. The van der Waals surface area contributed by atoms with Crippen LogP contribution < -0.4 is 5.32 Å². The molecule has 1 aliphatic carbocycles. The van der Waals surface area contributed by atoms with Crippen LogP contribution in [0, 0.1) is 11.7 Å². The molecule has 3 heteroatoms. The van der Waals surface area contributed by atoms with Gasteiger partial charge in [-0.1, -0.05) is 24.6 Å². The highest BCUT2D eigenvalue weighted by molar-refractivity contribution is 6.31. The third-order valence-electron chi connectivity index (χ3n) is 3.51. The molecule has 0 aromatic heterocycles. The van der Waals surface area contributed by atoms with Gasteiger partial charge >= 0.3 is 0 Å². The van der Waals surface area contributed by atoms with E-state index in [4.69, 9.17) is 11.6 Å². The minimum atomic E-state index is -0.263. The number of halogens is 2. The van der Waals surface area contributed by atoms with Gasteiger partial charge in [0.25, 0.3) is 0 Å². The number of nitrogens with one attached hydrogen (secondary N) is 1. The predicted octanol–water partition coefficient (Wildman–Crippen LogP) is 3.19. The Balaban J connectivity index is 2.18.